The lowest BCUT2D eigenvalue weighted by atomic mass is 9.78. The van der Waals surface area contributed by atoms with Gasteiger partial charge in [-0.15, -0.1) is 0 Å². The fraction of sp³-hybridized carbons (Fsp3) is 0.588. The first kappa shape index (κ1) is 13.9. The molecule has 0 bridgehead atoms. The molecule has 0 radical (unpaired) electrons. The van der Waals surface area contributed by atoms with Crippen molar-refractivity contribution in [2.45, 2.75) is 57.5 Å². The van der Waals surface area contributed by atoms with Crippen molar-refractivity contribution in [2.24, 2.45) is 5.92 Å². The summed E-state index contributed by atoms with van der Waals surface area (Å²) in [7, 11) is 0. The van der Waals surface area contributed by atoms with Crippen molar-refractivity contribution in [1.82, 2.24) is 0 Å². The zero-order chi connectivity index (χ0) is 14.5. The van der Waals surface area contributed by atoms with Gasteiger partial charge in [-0.05, 0) is 69.7 Å². The van der Waals surface area contributed by atoms with Crippen molar-refractivity contribution >= 4 is 17.6 Å². The van der Waals surface area contributed by atoms with E-state index < -0.39 is 5.60 Å². The van der Waals surface area contributed by atoms with E-state index in [1.807, 2.05) is 26.8 Å². The molecule has 0 amide bonds. The van der Waals surface area contributed by atoms with Gasteiger partial charge in [-0.1, -0.05) is 17.7 Å². The van der Waals surface area contributed by atoms with Crippen LogP contribution in [0.5, 0.6) is 0 Å². The molecule has 3 rings (SSSR count). The van der Waals surface area contributed by atoms with Crippen LogP contribution in [0.15, 0.2) is 18.2 Å². The number of aryl methyl sites for hydroxylation is 1. The van der Waals surface area contributed by atoms with Gasteiger partial charge in [0.15, 0.2) is 0 Å². The summed E-state index contributed by atoms with van der Waals surface area (Å²) < 4.78 is 5.56. The zero-order valence-corrected chi connectivity index (χ0v) is 13.1. The quantitative estimate of drug-likeness (QED) is 0.722. The van der Waals surface area contributed by atoms with Crippen LogP contribution in [-0.2, 0) is 21.4 Å². The Bertz CT molecular complexity index is 559. The Kier molecular flexibility index (Phi) is 3.13. The van der Waals surface area contributed by atoms with E-state index in [4.69, 9.17) is 16.3 Å². The maximum absolute atomic E-state index is 12.3. The highest BCUT2D eigenvalue weighted by Crippen LogP contribution is 2.61. The summed E-state index contributed by atoms with van der Waals surface area (Å²) in [6.07, 6.45) is 4.22. The summed E-state index contributed by atoms with van der Waals surface area (Å²) in [4.78, 5) is 12.3. The second-order valence-electron chi connectivity index (χ2n) is 7.10. The highest BCUT2D eigenvalue weighted by atomic mass is 35.5. The first-order chi connectivity index (χ1) is 9.32. The van der Waals surface area contributed by atoms with Gasteiger partial charge in [-0.25, -0.2) is 0 Å². The molecule has 1 fully saturated rings. The van der Waals surface area contributed by atoms with Crippen molar-refractivity contribution in [2.75, 3.05) is 0 Å². The normalized spacial score (nSPS) is 28.1. The highest BCUT2D eigenvalue weighted by Gasteiger charge is 2.61. The second-order valence-corrected chi connectivity index (χ2v) is 7.54. The molecule has 108 valence electrons. The molecule has 1 spiro atoms. The summed E-state index contributed by atoms with van der Waals surface area (Å²) in [5.41, 5.74) is 2.26. The molecular weight excluding hydrogens is 272 g/mol. The summed E-state index contributed by atoms with van der Waals surface area (Å²) in [6, 6.07) is 6.11. The summed E-state index contributed by atoms with van der Waals surface area (Å²) >= 11 is 6.08. The molecule has 0 N–H and O–H groups in total. The van der Waals surface area contributed by atoms with Crippen molar-refractivity contribution in [3.8, 4) is 0 Å². The lowest BCUT2D eigenvalue weighted by Gasteiger charge is -2.27. The Morgan fingerprint density at radius 3 is 2.85 bits per heavy atom. The van der Waals surface area contributed by atoms with E-state index in [1.165, 1.54) is 11.1 Å². The number of benzene rings is 1. The average Bonchev–Trinajstić information content (AvgIpc) is 3.02. The van der Waals surface area contributed by atoms with E-state index in [2.05, 4.69) is 12.1 Å². The molecule has 1 saturated carbocycles. The molecule has 2 unspecified atom stereocenters. The van der Waals surface area contributed by atoms with Gasteiger partial charge in [0.05, 0.1) is 5.92 Å². The van der Waals surface area contributed by atoms with Crippen LogP contribution in [0.25, 0.3) is 0 Å². The average molecular weight is 293 g/mol. The van der Waals surface area contributed by atoms with Gasteiger partial charge in [0.1, 0.15) is 5.60 Å². The maximum Gasteiger partial charge on any atom is 0.310 e. The number of esters is 1. The fourth-order valence-electron chi connectivity index (χ4n) is 3.54. The minimum atomic E-state index is -0.404. The van der Waals surface area contributed by atoms with Crippen LogP contribution < -0.4 is 0 Å². The molecule has 3 heteroatoms. The van der Waals surface area contributed by atoms with Gasteiger partial charge in [0, 0.05) is 10.4 Å². The predicted molar refractivity (Wildman–Crippen MR) is 80.0 cm³/mol. The lowest BCUT2D eigenvalue weighted by Crippen LogP contribution is -2.28. The fourth-order valence-corrected chi connectivity index (χ4v) is 3.74. The van der Waals surface area contributed by atoms with Crippen LogP contribution >= 0.6 is 11.6 Å². The Morgan fingerprint density at radius 1 is 1.40 bits per heavy atom. The number of carbonyl (C=O) groups excluding carboxylic acids is 1. The Balaban J connectivity index is 1.86. The van der Waals surface area contributed by atoms with E-state index in [9.17, 15) is 4.79 Å². The minimum Gasteiger partial charge on any atom is -0.460 e. The first-order valence-electron chi connectivity index (χ1n) is 7.34. The summed E-state index contributed by atoms with van der Waals surface area (Å²) in [5.74, 6) is -0.0118. The first-order valence-corrected chi connectivity index (χ1v) is 7.71. The molecule has 2 aliphatic carbocycles. The number of rotatable bonds is 1. The number of carbonyl (C=O) groups is 1. The number of fused-ring (bicyclic) bond motifs is 2. The molecule has 0 aromatic heterocycles. The third-order valence-corrected chi connectivity index (χ3v) is 4.67. The van der Waals surface area contributed by atoms with Crippen LogP contribution in [0.3, 0.4) is 0 Å². The molecule has 1 aromatic rings. The highest BCUT2D eigenvalue weighted by molar-refractivity contribution is 6.30. The van der Waals surface area contributed by atoms with Gasteiger partial charge in [-0.3, -0.25) is 4.79 Å². The van der Waals surface area contributed by atoms with Crippen molar-refractivity contribution in [3.05, 3.63) is 34.3 Å². The van der Waals surface area contributed by atoms with Crippen LogP contribution in [-0.4, -0.2) is 11.6 Å². The molecule has 1 aromatic carbocycles. The molecule has 2 aliphatic rings. The molecule has 0 saturated heterocycles. The third kappa shape index (κ3) is 2.35. The van der Waals surface area contributed by atoms with E-state index >= 15 is 0 Å². The van der Waals surface area contributed by atoms with Crippen molar-refractivity contribution in [3.63, 3.8) is 0 Å². The molecular formula is C17H21ClO2. The smallest absolute Gasteiger partial charge is 0.310 e. The topological polar surface area (TPSA) is 26.3 Å². The minimum absolute atomic E-state index is 0.0283. The van der Waals surface area contributed by atoms with Crippen LogP contribution in [0, 0.1) is 5.92 Å². The predicted octanol–water partition coefficient (Wildman–Crippen LogP) is 4.28. The summed E-state index contributed by atoms with van der Waals surface area (Å²) in [5, 5.41) is 0.787. The Hall–Kier alpha value is -1.02. The summed E-state index contributed by atoms with van der Waals surface area (Å²) in [6.45, 7) is 5.78. The van der Waals surface area contributed by atoms with Crippen LogP contribution in [0.2, 0.25) is 5.02 Å². The largest absolute Gasteiger partial charge is 0.460 e. The molecule has 0 aliphatic heterocycles. The number of hydrogen-bond donors (Lipinski definition) is 0. The third-order valence-electron chi connectivity index (χ3n) is 4.44. The molecule has 2 atom stereocenters. The van der Waals surface area contributed by atoms with Crippen LogP contribution in [0.1, 0.15) is 51.2 Å². The zero-order valence-electron chi connectivity index (χ0n) is 12.3. The lowest BCUT2D eigenvalue weighted by molar-refractivity contribution is -0.157. The monoisotopic (exact) mass is 292 g/mol. The van der Waals surface area contributed by atoms with Gasteiger partial charge in [0.2, 0.25) is 0 Å². The van der Waals surface area contributed by atoms with Gasteiger partial charge >= 0.3 is 5.97 Å². The van der Waals surface area contributed by atoms with E-state index in [0.29, 0.717) is 0 Å². The Morgan fingerprint density at radius 2 is 2.15 bits per heavy atom. The molecule has 2 nitrogen and oxygen atoms in total. The maximum atomic E-state index is 12.3. The van der Waals surface area contributed by atoms with Gasteiger partial charge in [-0.2, -0.15) is 0 Å². The van der Waals surface area contributed by atoms with Gasteiger partial charge < -0.3 is 4.74 Å². The van der Waals surface area contributed by atoms with Crippen molar-refractivity contribution in [1.29, 1.82) is 0 Å². The Labute approximate surface area is 125 Å². The van der Waals surface area contributed by atoms with Crippen molar-refractivity contribution < 1.29 is 9.53 Å². The molecule has 20 heavy (non-hydrogen) atoms. The van der Waals surface area contributed by atoms with Gasteiger partial charge in [0.25, 0.3) is 0 Å². The van der Waals surface area contributed by atoms with E-state index in [0.717, 1.165) is 30.7 Å². The molecule has 0 heterocycles. The number of halogens is 1. The number of ether oxygens (including phenoxy) is 1. The van der Waals surface area contributed by atoms with E-state index in [-0.39, 0.29) is 17.3 Å². The number of hydrogen-bond acceptors (Lipinski definition) is 2. The standard InChI is InChI=1S/C17H21ClO2/c1-16(2,3)20-15(19)14-10-17(14)8-4-5-11-9-12(18)6-7-13(11)17/h6-7,9,14H,4-5,8,10H2,1-3H3. The second kappa shape index (κ2) is 4.49. The SMILES string of the molecule is CC(C)(C)OC(=O)C1CC12CCCc1cc(Cl)ccc12. The van der Waals surface area contributed by atoms with Crippen LogP contribution in [0.4, 0.5) is 0 Å². The van der Waals surface area contributed by atoms with E-state index in [1.54, 1.807) is 0 Å².